The summed E-state index contributed by atoms with van der Waals surface area (Å²) in [6, 6.07) is 0. The van der Waals surface area contributed by atoms with Crippen molar-refractivity contribution >= 4 is 17.4 Å². The van der Waals surface area contributed by atoms with Crippen molar-refractivity contribution in [1.82, 2.24) is 5.48 Å². The van der Waals surface area contributed by atoms with E-state index in [9.17, 15) is 0 Å². The number of ether oxygens (including phenoxy) is 1. The molecular formula is C7H12N2O2S. The number of hydroxylamine groups is 1. The second-order valence-electron chi connectivity index (χ2n) is 2.14. The first-order chi connectivity index (χ1) is 5.81. The smallest absolute Gasteiger partial charge is 0.314 e. The molecule has 5 heteroatoms. The van der Waals surface area contributed by atoms with E-state index in [1.807, 2.05) is 0 Å². The zero-order valence-electron chi connectivity index (χ0n) is 7.00. The molecule has 0 rings (SSSR count). The van der Waals surface area contributed by atoms with Gasteiger partial charge in [-0.15, -0.1) is 5.26 Å². The van der Waals surface area contributed by atoms with E-state index >= 15 is 0 Å². The van der Waals surface area contributed by atoms with E-state index in [4.69, 9.17) is 10.00 Å². The van der Waals surface area contributed by atoms with Crippen LogP contribution in [0.5, 0.6) is 0 Å². The van der Waals surface area contributed by atoms with E-state index < -0.39 is 0 Å². The SMILES string of the molecule is CCCCCOC(=S)NOC#N. The Balaban J connectivity index is 3.15. The van der Waals surface area contributed by atoms with Crippen LogP contribution in [0.3, 0.4) is 0 Å². The first-order valence-corrected chi connectivity index (χ1v) is 4.19. The van der Waals surface area contributed by atoms with Crippen molar-refractivity contribution in [3.8, 4) is 6.26 Å². The van der Waals surface area contributed by atoms with Gasteiger partial charge in [0.05, 0.1) is 6.61 Å². The third kappa shape index (κ3) is 7.09. The summed E-state index contributed by atoms with van der Waals surface area (Å²) in [7, 11) is 0. The van der Waals surface area contributed by atoms with Crippen molar-refractivity contribution in [2.24, 2.45) is 0 Å². The van der Waals surface area contributed by atoms with Gasteiger partial charge in [0.1, 0.15) is 0 Å². The summed E-state index contributed by atoms with van der Waals surface area (Å²) in [5, 5.41) is 8.08. The molecule has 0 heterocycles. The van der Waals surface area contributed by atoms with Crippen LogP contribution >= 0.6 is 12.2 Å². The molecule has 0 aliphatic carbocycles. The summed E-state index contributed by atoms with van der Waals surface area (Å²) < 4.78 is 4.99. The molecule has 4 nitrogen and oxygen atoms in total. The van der Waals surface area contributed by atoms with Gasteiger partial charge in [-0.2, -0.15) is 5.48 Å². The molecule has 0 atom stereocenters. The van der Waals surface area contributed by atoms with Gasteiger partial charge in [0, 0.05) is 0 Å². The lowest BCUT2D eigenvalue weighted by molar-refractivity contribution is 0.170. The lowest BCUT2D eigenvalue weighted by atomic mass is 10.3. The fourth-order valence-corrected chi connectivity index (χ4v) is 0.736. The summed E-state index contributed by atoms with van der Waals surface area (Å²) in [6.45, 7) is 2.67. The molecule has 0 spiro atoms. The zero-order chi connectivity index (χ0) is 9.23. The second-order valence-corrected chi connectivity index (χ2v) is 2.51. The van der Waals surface area contributed by atoms with Gasteiger partial charge in [0.15, 0.2) is 0 Å². The predicted octanol–water partition coefficient (Wildman–Crippen LogP) is 1.48. The number of nitriles is 1. The van der Waals surface area contributed by atoms with E-state index in [-0.39, 0.29) is 5.17 Å². The van der Waals surface area contributed by atoms with Gasteiger partial charge in [0.2, 0.25) is 0 Å². The highest BCUT2D eigenvalue weighted by molar-refractivity contribution is 7.80. The summed E-state index contributed by atoms with van der Waals surface area (Å²) in [5.41, 5.74) is 2.16. The topological polar surface area (TPSA) is 54.3 Å². The quantitative estimate of drug-likeness (QED) is 0.306. The Labute approximate surface area is 77.4 Å². The minimum atomic E-state index is 0.104. The third-order valence-electron chi connectivity index (χ3n) is 1.16. The molecule has 0 saturated carbocycles. The highest BCUT2D eigenvalue weighted by atomic mass is 32.1. The summed E-state index contributed by atoms with van der Waals surface area (Å²) >= 11 is 4.66. The lowest BCUT2D eigenvalue weighted by Crippen LogP contribution is -2.22. The molecule has 0 aliphatic heterocycles. The van der Waals surface area contributed by atoms with Gasteiger partial charge in [-0.05, 0) is 18.6 Å². The highest BCUT2D eigenvalue weighted by Crippen LogP contribution is 1.94. The van der Waals surface area contributed by atoms with Crippen molar-refractivity contribution in [3.05, 3.63) is 0 Å². The number of nitrogens with zero attached hydrogens (tertiary/aromatic N) is 1. The fourth-order valence-electron chi connectivity index (χ4n) is 0.611. The molecule has 0 bridgehead atoms. The number of rotatable bonds is 5. The molecule has 0 fully saturated rings. The van der Waals surface area contributed by atoms with Crippen LogP contribution in [0.25, 0.3) is 0 Å². The van der Waals surface area contributed by atoms with Gasteiger partial charge in [0.25, 0.3) is 5.17 Å². The number of thiocarbonyl (C=S) groups is 1. The van der Waals surface area contributed by atoms with E-state index in [2.05, 4.69) is 29.5 Å². The van der Waals surface area contributed by atoms with E-state index in [1.165, 1.54) is 6.26 Å². The maximum Gasteiger partial charge on any atom is 0.314 e. The summed E-state index contributed by atoms with van der Waals surface area (Å²) in [5.74, 6) is 0. The molecule has 0 saturated heterocycles. The minimum Gasteiger partial charge on any atom is -0.469 e. The highest BCUT2D eigenvalue weighted by Gasteiger charge is 1.94. The van der Waals surface area contributed by atoms with Crippen molar-refractivity contribution < 1.29 is 9.57 Å². The van der Waals surface area contributed by atoms with Crippen LogP contribution in [-0.4, -0.2) is 11.8 Å². The molecule has 12 heavy (non-hydrogen) atoms. The van der Waals surface area contributed by atoms with Crippen molar-refractivity contribution in [3.63, 3.8) is 0 Å². The molecule has 0 unspecified atom stereocenters. The molecule has 0 aliphatic rings. The van der Waals surface area contributed by atoms with Gasteiger partial charge in [-0.3, -0.25) is 4.84 Å². The van der Waals surface area contributed by atoms with Crippen molar-refractivity contribution in [2.75, 3.05) is 6.61 Å². The molecular weight excluding hydrogens is 176 g/mol. The Hall–Kier alpha value is -1.02. The minimum absolute atomic E-state index is 0.104. The van der Waals surface area contributed by atoms with Crippen molar-refractivity contribution in [2.45, 2.75) is 26.2 Å². The Morgan fingerprint density at radius 1 is 1.58 bits per heavy atom. The van der Waals surface area contributed by atoms with E-state index in [0.29, 0.717) is 6.61 Å². The Bertz CT molecular complexity index is 167. The molecule has 0 radical (unpaired) electrons. The maximum atomic E-state index is 7.97. The fraction of sp³-hybridized carbons (Fsp3) is 0.714. The Morgan fingerprint density at radius 2 is 2.33 bits per heavy atom. The van der Waals surface area contributed by atoms with Gasteiger partial charge >= 0.3 is 6.26 Å². The van der Waals surface area contributed by atoms with Crippen LogP contribution in [0.15, 0.2) is 0 Å². The van der Waals surface area contributed by atoms with E-state index in [1.54, 1.807) is 0 Å². The molecule has 0 aromatic rings. The monoisotopic (exact) mass is 188 g/mol. The Kier molecular flexibility index (Phi) is 7.39. The largest absolute Gasteiger partial charge is 0.469 e. The molecule has 0 amide bonds. The summed E-state index contributed by atoms with van der Waals surface area (Å²) in [4.78, 5) is 4.14. The first-order valence-electron chi connectivity index (χ1n) is 3.79. The number of nitrogens with one attached hydrogen (secondary N) is 1. The third-order valence-corrected chi connectivity index (χ3v) is 1.36. The molecule has 68 valence electrons. The van der Waals surface area contributed by atoms with E-state index in [0.717, 1.165) is 19.3 Å². The van der Waals surface area contributed by atoms with Crippen molar-refractivity contribution in [1.29, 1.82) is 5.26 Å². The molecule has 1 N–H and O–H groups in total. The predicted molar refractivity (Wildman–Crippen MR) is 47.9 cm³/mol. The van der Waals surface area contributed by atoms with Crippen LogP contribution < -0.4 is 5.48 Å². The van der Waals surface area contributed by atoms with Crippen LogP contribution in [0.4, 0.5) is 0 Å². The Morgan fingerprint density at radius 3 is 2.92 bits per heavy atom. The average molecular weight is 188 g/mol. The van der Waals surface area contributed by atoms with Gasteiger partial charge in [-0.1, -0.05) is 19.8 Å². The molecule has 0 aromatic heterocycles. The number of unbranched alkanes of at least 4 members (excludes halogenated alkanes) is 2. The summed E-state index contributed by atoms with van der Waals surface area (Å²) in [6.07, 6.45) is 4.63. The number of hydrogen-bond acceptors (Lipinski definition) is 4. The number of hydrogen-bond donors (Lipinski definition) is 1. The average Bonchev–Trinajstić information content (AvgIpc) is 2.09. The van der Waals surface area contributed by atoms with Crippen LogP contribution in [-0.2, 0) is 9.57 Å². The molecule has 0 aromatic carbocycles. The van der Waals surface area contributed by atoms with Gasteiger partial charge < -0.3 is 4.74 Å². The first kappa shape index (κ1) is 11.0. The lowest BCUT2D eigenvalue weighted by Gasteiger charge is -2.05. The van der Waals surface area contributed by atoms with Crippen LogP contribution in [0, 0.1) is 11.5 Å². The maximum absolute atomic E-state index is 7.97. The van der Waals surface area contributed by atoms with Crippen LogP contribution in [0.1, 0.15) is 26.2 Å². The normalized spacial score (nSPS) is 8.33. The standard InChI is InChI=1S/C7H12N2O2S/c1-2-3-4-5-10-7(12)9-11-6-8/h2-5H2,1H3,(H,9,12). The van der Waals surface area contributed by atoms with Gasteiger partial charge in [-0.25, -0.2) is 0 Å². The second kappa shape index (κ2) is 8.08. The zero-order valence-corrected chi connectivity index (χ0v) is 7.82. The van der Waals surface area contributed by atoms with Crippen LogP contribution in [0.2, 0.25) is 0 Å².